The number of hydrogen-bond acceptors (Lipinski definition) is 3. The zero-order valence-electron chi connectivity index (χ0n) is 15.9. The van der Waals surface area contributed by atoms with Crippen LogP contribution in [0, 0.1) is 5.92 Å². The second-order valence-corrected chi connectivity index (χ2v) is 7.89. The molecule has 2 aliphatic rings. The molecule has 5 nitrogen and oxygen atoms in total. The van der Waals surface area contributed by atoms with E-state index >= 15 is 0 Å². The molecule has 5 heteroatoms. The number of carbonyl (C=O) groups is 2. The Kier molecular flexibility index (Phi) is 5.33. The summed E-state index contributed by atoms with van der Waals surface area (Å²) in [5, 5.41) is 12.4. The number of nitrogens with one attached hydrogen (secondary N) is 1. The molecule has 2 fully saturated rings. The van der Waals surface area contributed by atoms with Gasteiger partial charge >= 0.3 is 0 Å². The van der Waals surface area contributed by atoms with Crippen LogP contribution in [-0.4, -0.2) is 41.0 Å². The zero-order valence-corrected chi connectivity index (χ0v) is 15.9. The second kappa shape index (κ2) is 8.05. The number of hydrogen-bond donors (Lipinski definition) is 2. The van der Waals surface area contributed by atoms with E-state index in [1.54, 1.807) is 12.1 Å². The number of benzene rings is 2. The van der Waals surface area contributed by atoms with Gasteiger partial charge in [-0.05, 0) is 48.2 Å². The first-order valence-electron chi connectivity index (χ1n) is 10.1. The Morgan fingerprint density at radius 1 is 1.00 bits per heavy atom. The van der Waals surface area contributed by atoms with E-state index in [4.69, 9.17) is 0 Å². The van der Waals surface area contributed by atoms with Crippen molar-refractivity contribution >= 4 is 11.8 Å². The van der Waals surface area contributed by atoms with Crippen LogP contribution in [0.4, 0.5) is 0 Å². The van der Waals surface area contributed by atoms with Gasteiger partial charge < -0.3 is 15.3 Å². The quantitative estimate of drug-likeness (QED) is 0.835. The lowest BCUT2D eigenvalue weighted by Gasteiger charge is -2.24. The molecular weight excluding hydrogens is 352 g/mol. The van der Waals surface area contributed by atoms with E-state index in [0.29, 0.717) is 24.6 Å². The molecule has 1 heterocycles. The summed E-state index contributed by atoms with van der Waals surface area (Å²) in [5.41, 5.74) is 2.59. The number of aromatic hydroxyl groups is 1. The SMILES string of the molecule is O=C(NC[C@H]1CC(=O)N(C2CCCC2)C1)c1ccc(-c2ccc(O)cc2)cc1. The van der Waals surface area contributed by atoms with Gasteiger partial charge in [0.2, 0.25) is 5.91 Å². The zero-order chi connectivity index (χ0) is 19.5. The van der Waals surface area contributed by atoms with Gasteiger partial charge in [0.05, 0.1) is 0 Å². The van der Waals surface area contributed by atoms with Crippen molar-refractivity contribution in [2.24, 2.45) is 5.92 Å². The Hall–Kier alpha value is -2.82. The number of phenols is 1. The molecule has 2 N–H and O–H groups in total. The topological polar surface area (TPSA) is 69.6 Å². The van der Waals surface area contributed by atoms with Crippen molar-refractivity contribution in [2.45, 2.75) is 38.1 Å². The molecule has 28 heavy (non-hydrogen) atoms. The molecular formula is C23H26N2O3. The monoisotopic (exact) mass is 378 g/mol. The van der Waals surface area contributed by atoms with Crippen molar-refractivity contribution in [2.75, 3.05) is 13.1 Å². The van der Waals surface area contributed by atoms with Crippen LogP contribution in [0.3, 0.4) is 0 Å². The van der Waals surface area contributed by atoms with E-state index in [9.17, 15) is 14.7 Å². The summed E-state index contributed by atoms with van der Waals surface area (Å²) in [4.78, 5) is 26.8. The summed E-state index contributed by atoms with van der Waals surface area (Å²) in [7, 11) is 0. The molecule has 1 aliphatic carbocycles. The van der Waals surface area contributed by atoms with Gasteiger partial charge in [-0.2, -0.15) is 0 Å². The van der Waals surface area contributed by atoms with Crippen LogP contribution in [0.2, 0.25) is 0 Å². The molecule has 1 atom stereocenters. The first-order chi connectivity index (χ1) is 13.6. The first-order valence-corrected chi connectivity index (χ1v) is 10.1. The molecule has 0 spiro atoms. The Morgan fingerprint density at radius 3 is 2.25 bits per heavy atom. The third-order valence-electron chi connectivity index (χ3n) is 5.90. The number of rotatable bonds is 5. The molecule has 1 aliphatic heterocycles. The molecule has 146 valence electrons. The molecule has 4 rings (SSSR count). The normalized spacial score (nSPS) is 19.9. The van der Waals surface area contributed by atoms with Crippen LogP contribution < -0.4 is 5.32 Å². The van der Waals surface area contributed by atoms with Gasteiger partial charge in [0.15, 0.2) is 0 Å². The Morgan fingerprint density at radius 2 is 1.61 bits per heavy atom. The third kappa shape index (κ3) is 4.03. The average molecular weight is 378 g/mol. The molecule has 0 radical (unpaired) electrons. The standard InChI is InChI=1S/C23H26N2O3/c26-21-11-9-18(10-12-21)17-5-7-19(8-6-17)23(28)24-14-16-13-22(27)25(15-16)20-3-1-2-4-20/h5-12,16,20,26H,1-4,13-15H2,(H,24,28)/t16-/m1/s1. The highest BCUT2D eigenvalue weighted by atomic mass is 16.3. The molecule has 2 aromatic carbocycles. The van der Waals surface area contributed by atoms with E-state index in [1.165, 1.54) is 12.8 Å². The molecule has 1 saturated heterocycles. The fraction of sp³-hybridized carbons (Fsp3) is 0.391. The molecule has 0 aromatic heterocycles. The van der Waals surface area contributed by atoms with Gasteiger partial charge in [0.1, 0.15) is 5.75 Å². The molecule has 1 saturated carbocycles. The maximum absolute atomic E-state index is 12.5. The van der Waals surface area contributed by atoms with Gasteiger partial charge in [-0.3, -0.25) is 9.59 Å². The maximum atomic E-state index is 12.5. The van der Waals surface area contributed by atoms with Crippen molar-refractivity contribution in [3.05, 3.63) is 54.1 Å². The minimum absolute atomic E-state index is 0.107. The molecule has 2 amide bonds. The number of amides is 2. The van der Waals surface area contributed by atoms with E-state index in [1.807, 2.05) is 41.3 Å². The third-order valence-corrected chi connectivity index (χ3v) is 5.90. The van der Waals surface area contributed by atoms with Crippen LogP contribution in [0.5, 0.6) is 5.75 Å². The van der Waals surface area contributed by atoms with Crippen LogP contribution in [0.25, 0.3) is 11.1 Å². The highest BCUT2D eigenvalue weighted by molar-refractivity contribution is 5.94. The predicted octanol–water partition coefficient (Wildman–Crippen LogP) is 3.58. The summed E-state index contributed by atoms with van der Waals surface area (Å²) in [6, 6.07) is 14.8. The second-order valence-electron chi connectivity index (χ2n) is 7.89. The molecule has 2 aromatic rings. The lowest BCUT2D eigenvalue weighted by Crippen LogP contribution is -2.36. The van der Waals surface area contributed by atoms with E-state index in [2.05, 4.69) is 5.32 Å². The van der Waals surface area contributed by atoms with Crippen molar-refractivity contribution < 1.29 is 14.7 Å². The summed E-state index contributed by atoms with van der Waals surface area (Å²) < 4.78 is 0. The lowest BCUT2D eigenvalue weighted by molar-refractivity contribution is -0.129. The Bertz CT molecular complexity index is 839. The molecule has 0 bridgehead atoms. The van der Waals surface area contributed by atoms with Crippen LogP contribution in [0.15, 0.2) is 48.5 Å². The predicted molar refractivity (Wildman–Crippen MR) is 108 cm³/mol. The summed E-state index contributed by atoms with van der Waals surface area (Å²) >= 11 is 0. The van der Waals surface area contributed by atoms with Gasteiger partial charge in [-0.15, -0.1) is 0 Å². The minimum Gasteiger partial charge on any atom is -0.508 e. The highest BCUT2D eigenvalue weighted by Crippen LogP contribution is 2.29. The summed E-state index contributed by atoms with van der Waals surface area (Å²) in [6.07, 6.45) is 5.22. The van der Waals surface area contributed by atoms with Crippen molar-refractivity contribution in [1.29, 1.82) is 0 Å². The van der Waals surface area contributed by atoms with Crippen LogP contribution >= 0.6 is 0 Å². The first kappa shape index (κ1) is 18.5. The number of nitrogens with zero attached hydrogens (tertiary/aromatic N) is 1. The van der Waals surface area contributed by atoms with Crippen molar-refractivity contribution in [3.63, 3.8) is 0 Å². The number of carbonyl (C=O) groups excluding carboxylic acids is 2. The van der Waals surface area contributed by atoms with Crippen molar-refractivity contribution in [3.8, 4) is 16.9 Å². The van der Waals surface area contributed by atoms with Gasteiger partial charge in [-0.25, -0.2) is 0 Å². The van der Waals surface area contributed by atoms with Crippen molar-refractivity contribution in [1.82, 2.24) is 10.2 Å². The fourth-order valence-electron chi connectivity index (χ4n) is 4.32. The number of likely N-dealkylation sites (tertiary alicyclic amines) is 1. The highest BCUT2D eigenvalue weighted by Gasteiger charge is 2.35. The molecule has 0 unspecified atom stereocenters. The van der Waals surface area contributed by atoms with E-state index < -0.39 is 0 Å². The average Bonchev–Trinajstić information content (AvgIpc) is 3.36. The smallest absolute Gasteiger partial charge is 0.251 e. The summed E-state index contributed by atoms with van der Waals surface area (Å²) in [6.45, 7) is 1.30. The Labute approximate surface area is 165 Å². The number of phenolic OH excluding ortho intramolecular Hbond substituents is 1. The lowest BCUT2D eigenvalue weighted by atomic mass is 10.0. The van der Waals surface area contributed by atoms with E-state index in [-0.39, 0.29) is 23.5 Å². The summed E-state index contributed by atoms with van der Waals surface area (Å²) in [5.74, 6) is 0.568. The van der Waals surface area contributed by atoms with Gasteiger partial charge in [0.25, 0.3) is 5.91 Å². The van der Waals surface area contributed by atoms with Gasteiger partial charge in [-0.1, -0.05) is 37.1 Å². The largest absolute Gasteiger partial charge is 0.508 e. The minimum atomic E-state index is -0.107. The maximum Gasteiger partial charge on any atom is 0.251 e. The van der Waals surface area contributed by atoms with E-state index in [0.717, 1.165) is 30.5 Å². The fourth-order valence-corrected chi connectivity index (χ4v) is 4.32. The Balaban J connectivity index is 1.31. The van der Waals surface area contributed by atoms with Gasteiger partial charge in [0, 0.05) is 37.0 Å². The van der Waals surface area contributed by atoms with Crippen LogP contribution in [0.1, 0.15) is 42.5 Å². The van der Waals surface area contributed by atoms with Crippen LogP contribution in [-0.2, 0) is 4.79 Å².